The summed E-state index contributed by atoms with van der Waals surface area (Å²) in [4.78, 5) is 0. The van der Waals surface area contributed by atoms with Gasteiger partial charge < -0.3 is 5.32 Å². The Morgan fingerprint density at radius 1 is 1.21 bits per heavy atom. The molecule has 1 saturated carbocycles. The summed E-state index contributed by atoms with van der Waals surface area (Å²) in [6, 6.07) is 10.4. The van der Waals surface area contributed by atoms with Crippen molar-refractivity contribution in [3.05, 3.63) is 53.9 Å². The Kier molecular flexibility index (Phi) is 3.38. The van der Waals surface area contributed by atoms with Crippen LogP contribution >= 0.6 is 0 Å². The van der Waals surface area contributed by atoms with Gasteiger partial charge in [0, 0.05) is 23.8 Å². The molecule has 0 radical (unpaired) electrons. The zero-order valence-corrected chi connectivity index (χ0v) is 11.5. The van der Waals surface area contributed by atoms with Gasteiger partial charge in [-0.3, -0.25) is 4.68 Å². The lowest BCUT2D eigenvalue weighted by Gasteiger charge is -2.39. The molecule has 1 aliphatic carbocycles. The van der Waals surface area contributed by atoms with E-state index in [1.165, 1.54) is 30.4 Å². The molecule has 0 unspecified atom stereocenters. The molecule has 1 N–H and O–H groups in total. The van der Waals surface area contributed by atoms with Gasteiger partial charge in [-0.25, -0.2) is 0 Å². The Hall–Kier alpha value is -1.61. The molecule has 100 valence electrons. The zero-order chi connectivity index (χ0) is 13.1. The summed E-state index contributed by atoms with van der Waals surface area (Å²) < 4.78 is 2.01. The highest BCUT2D eigenvalue weighted by molar-refractivity contribution is 5.15. The van der Waals surface area contributed by atoms with Crippen LogP contribution in [0.25, 0.3) is 0 Å². The summed E-state index contributed by atoms with van der Waals surface area (Å²) in [5.74, 6) is 0. The molecule has 3 nitrogen and oxygen atoms in total. The standard InChI is InChI=1S/C16H21N3/c1-16(8-5-9-16)17-10-15-11-18-19(13-15)12-14-6-3-2-4-7-14/h2-4,6-7,11,13,17H,5,8-10,12H2,1H3. The third-order valence-corrected chi connectivity index (χ3v) is 4.05. The quantitative estimate of drug-likeness (QED) is 0.890. The minimum Gasteiger partial charge on any atom is -0.307 e. The Balaban J connectivity index is 1.57. The van der Waals surface area contributed by atoms with Crippen LogP contribution in [0.1, 0.15) is 37.3 Å². The van der Waals surface area contributed by atoms with E-state index in [0.29, 0.717) is 5.54 Å². The minimum absolute atomic E-state index is 0.363. The molecule has 2 aromatic rings. The number of hydrogen-bond donors (Lipinski definition) is 1. The van der Waals surface area contributed by atoms with Gasteiger partial charge in [0.05, 0.1) is 12.7 Å². The Bertz CT molecular complexity index is 526. The molecule has 0 bridgehead atoms. The van der Waals surface area contributed by atoms with Crippen molar-refractivity contribution < 1.29 is 0 Å². The highest BCUT2D eigenvalue weighted by Crippen LogP contribution is 2.31. The first-order valence-electron chi connectivity index (χ1n) is 7.04. The second-order valence-corrected chi connectivity index (χ2v) is 5.80. The number of rotatable bonds is 5. The molecule has 19 heavy (non-hydrogen) atoms. The largest absolute Gasteiger partial charge is 0.307 e. The number of nitrogens with zero attached hydrogens (tertiary/aromatic N) is 2. The fourth-order valence-corrected chi connectivity index (χ4v) is 2.55. The first kappa shape index (κ1) is 12.4. The SMILES string of the molecule is CC1(NCc2cnn(Cc3ccccc3)c2)CCC1. The van der Waals surface area contributed by atoms with E-state index in [0.717, 1.165) is 13.1 Å². The van der Waals surface area contributed by atoms with Gasteiger partial charge in [-0.05, 0) is 31.7 Å². The average Bonchev–Trinajstić information content (AvgIpc) is 2.83. The van der Waals surface area contributed by atoms with E-state index in [9.17, 15) is 0 Å². The molecular formula is C16H21N3. The van der Waals surface area contributed by atoms with Gasteiger partial charge in [-0.2, -0.15) is 5.10 Å². The van der Waals surface area contributed by atoms with Crippen LogP contribution in [-0.4, -0.2) is 15.3 Å². The van der Waals surface area contributed by atoms with Crippen LogP contribution in [0.4, 0.5) is 0 Å². The van der Waals surface area contributed by atoms with E-state index in [1.807, 2.05) is 16.9 Å². The first-order chi connectivity index (χ1) is 9.23. The molecule has 0 saturated heterocycles. The molecule has 3 rings (SSSR count). The molecule has 0 atom stereocenters. The fraction of sp³-hybridized carbons (Fsp3) is 0.438. The van der Waals surface area contributed by atoms with Gasteiger partial charge in [-0.15, -0.1) is 0 Å². The summed E-state index contributed by atoms with van der Waals surface area (Å²) in [6.07, 6.45) is 8.06. The van der Waals surface area contributed by atoms with Crippen molar-refractivity contribution in [2.75, 3.05) is 0 Å². The normalized spacial score (nSPS) is 17.1. The van der Waals surface area contributed by atoms with E-state index < -0.39 is 0 Å². The number of benzene rings is 1. The molecule has 1 aromatic carbocycles. The van der Waals surface area contributed by atoms with Gasteiger partial charge in [0.1, 0.15) is 0 Å². The molecule has 1 aromatic heterocycles. The van der Waals surface area contributed by atoms with E-state index >= 15 is 0 Å². The first-order valence-corrected chi connectivity index (χ1v) is 7.04. The van der Waals surface area contributed by atoms with Gasteiger partial charge in [0.25, 0.3) is 0 Å². The molecular weight excluding hydrogens is 234 g/mol. The molecule has 1 fully saturated rings. The van der Waals surface area contributed by atoms with Crippen LogP contribution < -0.4 is 5.32 Å². The topological polar surface area (TPSA) is 29.9 Å². The molecule has 0 spiro atoms. The van der Waals surface area contributed by atoms with E-state index in [4.69, 9.17) is 0 Å². The summed E-state index contributed by atoms with van der Waals surface area (Å²) in [7, 11) is 0. The van der Waals surface area contributed by atoms with Crippen molar-refractivity contribution >= 4 is 0 Å². The Morgan fingerprint density at radius 3 is 2.68 bits per heavy atom. The van der Waals surface area contributed by atoms with Crippen molar-refractivity contribution in [2.24, 2.45) is 0 Å². The molecule has 1 heterocycles. The third-order valence-electron chi connectivity index (χ3n) is 4.05. The van der Waals surface area contributed by atoms with Crippen LogP contribution in [0.3, 0.4) is 0 Å². The van der Waals surface area contributed by atoms with Gasteiger partial charge in [0.2, 0.25) is 0 Å². The predicted octanol–water partition coefficient (Wildman–Crippen LogP) is 2.96. The molecule has 1 aliphatic rings. The summed E-state index contributed by atoms with van der Waals surface area (Å²) in [6.45, 7) is 4.08. The summed E-state index contributed by atoms with van der Waals surface area (Å²) in [5, 5.41) is 8.07. The highest BCUT2D eigenvalue weighted by atomic mass is 15.3. The second-order valence-electron chi connectivity index (χ2n) is 5.80. The maximum atomic E-state index is 4.43. The van der Waals surface area contributed by atoms with Crippen LogP contribution in [0.15, 0.2) is 42.7 Å². The van der Waals surface area contributed by atoms with Crippen molar-refractivity contribution in [1.29, 1.82) is 0 Å². The minimum atomic E-state index is 0.363. The number of aromatic nitrogens is 2. The summed E-state index contributed by atoms with van der Waals surface area (Å²) >= 11 is 0. The van der Waals surface area contributed by atoms with Crippen LogP contribution in [0, 0.1) is 0 Å². The monoisotopic (exact) mass is 255 g/mol. The van der Waals surface area contributed by atoms with Gasteiger partial charge in [0.15, 0.2) is 0 Å². The Morgan fingerprint density at radius 2 is 2.00 bits per heavy atom. The summed E-state index contributed by atoms with van der Waals surface area (Å²) in [5.41, 5.74) is 2.92. The van der Waals surface area contributed by atoms with Crippen LogP contribution in [0.2, 0.25) is 0 Å². The van der Waals surface area contributed by atoms with E-state index in [2.05, 4.69) is 47.8 Å². The molecule has 0 aliphatic heterocycles. The maximum absolute atomic E-state index is 4.43. The van der Waals surface area contributed by atoms with Gasteiger partial charge >= 0.3 is 0 Å². The molecule has 0 amide bonds. The van der Waals surface area contributed by atoms with E-state index in [1.54, 1.807) is 0 Å². The highest BCUT2D eigenvalue weighted by Gasteiger charge is 2.30. The van der Waals surface area contributed by atoms with Crippen LogP contribution in [0.5, 0.6) is 0 Å². The number of nitrogens with one attached hydrogen (secondary N) is 1. The van der Waals surface area contributed by atoms with Crippen molar-refractivity contribution in [3.8, 4) is 0 Å². The van der Waals surface area contributed by atoms with Crippen molar-refractivity contribution in [3.63, 3.8) is 0 Å². The van der Waals surface area contributed by atoms with Crippen molar-refractivity contribution in [2.45, 2.75) is 44.8 Å². The Labute approximate surface area is 114 Å². The number of hydrogen-bond acceptors (Lipinski definition) is 2. The average molecular weight is 255 g/mol. The van der Waals surface area contributed by atoms with Gasteiger partial charge in [-0.1, -0.05) is 30.3 Å². The second kappa shape index (κ2) is 5.17. The lowest BCUT2D eigenvalue weighted by molar-refractivity contribution is 0.207. The maximum Gasteiger partial charge on any atom is 0.0659 e. The third kappa shape index (κ3) is 3.04. The smallest absolute Gasteiger partial charge is 0.0659 e. The van der Waals surface area contributed by atoms with Crippen LogP contribution in [-0.2, 0) is 13.1 Å². The zero-order valence-electron chi connectivity index (χ0n) is 11.5. The lowest BCUT2D eigenvalue weighted by Crippen LogP contribution is -2.47. The predicted molar refractivity (Wildman–Crippen MR) is 76.9 cm³/mol. The fourth-order valence-electron chi connectivity index (χ4n) is 2.55. The van der Waals surface area contributed by atoms with Crippen molar-refractivity contribution in [1.82, 2.24) is 15.1 Å². The molecule has 3 heteroatoms. The van der Waals surface area contributed by atoms with E-state index in [-0.39, 0.29) is 0 Å². The lowest BCUT2D eigenvalue weighted by atomic mass is 9.78.